The molecule has 8 nitrogen and oxygen atoms in total. The van der Waals surface area contributed by atoms with Crippen LogP contribution in [0.25, 0.3) is 0 Å². The van der Waals surface area contributed by atoms with Crippen molar-refractivity contribution >= 4 is 17.8 Å². The van der Waals surface area contributed by atoms with Gasteiger partial charge in [-0.25, -0.2) is 0 Å². The fourth-order valence-electron chi connectivity index (χ4n) is 4.88. The van der Waals surface area contributed by atoms with Crippen molar-refractivity contribution in [2.75, 3.05) is 13.7 Å². The average molecular weight is 496 g/mol. The number of esters is 1. The lowest BCUT2D eigenvalue weighted by Gasteiger charge is -2.36. The van der Waals surface area contributed by atoms with Crippen LogP contribution in [0.15, 0.2) is 48.5 Å². The Labute approximate surface area is 211 Å². The summed E-state index contributed by atoms with van der Waals surface area (Å²) < 4.78 is 22.7. The third-order valence-corrected chi connectivity index (χ3v) is 6.64. The number of carbonyl (C=O) groups is 3. The van der Waals surface area contributed by atoms with E-state index in [0.717, 1.165) is 30.4 Å². The van der Waals surface area contributed by atoms with Crippen LogP contribution < -0.4 is 9.47 Å². The second-order valence-corrected chi connectivity index (χ2v) is 9.17. The molecule has 1 aliphatic carbocycles. The summed E-state index contributed by atoms with van der Waals surface area (Å²) in [6.07, 6.45) is 2.65. The van der Waals surface area contributed by atoms with Crippen LogP contribution in [0.3, 0.4) is 0 Å². The first-order valence-corrected chi connectivity index (χ1v) is 12.4. The van der Waals surface area contributed by atoms with Gasteiger partial charge in [-0.1, -0.05) is 49.2 Å². The van der Waals surface area contributed by atoms with Crippen LogP contribution in [-0.2, 0) is 36.9 Å². The minimum atomic E-state index is -1.02. The Balaban J connectivity index is 1.33. The monoisotopic (exact) mass is 495 g/mol. The Morgan fingerprint density at radius 2 is 1.78 bits per heavy atom. The number of ether oxygens (including phenoxy) is 4. The smallest absolute Gasteiger partial charge is 0.303 e. The van der Waals surface area contributed by atoms with E-state index in [0.29, 0.717) is 37.6 Å². The van der Waals surface area contributed by atoms with Gasteiger partial charge in [0.15, 0.2) is 17.6 Å². The molecule has 2 aromatic carbocycles. The molecule has 0 bridgehead atoms. The van der Waals surface area contributed by atoms with E-state index in [1.165, 1.54) is 11.8 Å². The molecule has 1 saturated carbocycles. The number of amides is 2. The second-order valence-electron chi connectivity index (χ2n) is 9.17. The SMILES string of the molecule is COc1cc(CCOC2CCCCC2N2C(=O)CC(OC(C)=O)C2=O)ccc1OCc1ccccc1. The lowest BCUT2D eigenvalue weighted by Crippen LogP contribution is -2.50. The standard InChI is InChI=1S/C28H33NO7/c1-19(30)36-26-17-27(31)29(28(26)32)22-10-6-7-11-23(22)34-15-14-20-12-13-24(25(16-20)33-2)35-18-21-8-4-3-5-9-21/h3-5,8-9,12-13,16,22-23,26H,6-7,10-11,14-15,17-18H2,1-2H3. The zero-order valence-electron chi connectivity index (χ0n) is 20.8. The summed E-state index contributed by atoms with van der Waals surface area (Å²) in [4.78, 5) is 38.0. The molecule has 2 fully saturated rings. The van der Waals surface area contributed by atoms with Crippen molar-refractivity contribution in [3.63, 3.8) is 0 Å². The number of hydrogen-bond acceptors (Lipinski definition) is 7. The maximum atomic E-state index is 12.8. The predicted octanol–water partition coefficient (Wildman–Crippen LogP) is 3.84. The van der Waals surface area contributed by atoms with E-state index in [2.05, 4.69) is 0 Å². The van der Waals surface area contributed by atoms with Gasteiger partial charge in [-0.05, 0) is 42.5 Å². The highest BCUT2D eigenvalue weighted by Crippen LogP contribution is 2.32. The van der Waals surface area contributed by atoms with Crippen LogP contribution in [0.1, 0.15) is 50.2 Å². The number of rotatable bonds is 10. The number of hydrogen-bond donors (Lipinski definition) is 0. The summed E-state index contributed by atoms with van der Waals surface area (Å²) in [5.74, 6) is 0.0240. The van der Waals surface area contributed by atoms with Gasteiger partial charge in [-0.2, -0.15) is 0 Å². The molecule has 3 atom stereocenters. The van der Waals surface area contributed by atoms with Gasteiger partial charge in [-0.3, -0.25) is 19.3 Å². The van der Waals surface area contributed by atoms with E-state index in [9.17, 15) is 14.4 Å². The molecule has 2 aliphatic rings. The Kier molecular flexibility index (Phi) is 8.59. The number of methoxy groups -OCH3 is 1. The molecule has 0 spiro atoms. The molecule has 1 heterocycles. The van der Waals surface area contributed by atoms with E-state index < -0.39 is 18.0 Å². The highest BCUT2D eigenvalue weighted by atomic mass is 16.5. The Hall–Kier alpha value is -3.39. The predicted molar refractivity (Wildman–Crippen MR) is 131 cm³/mol. The Morgan fingerprint density at radius 1 is 1.00 bits per heavy atom. The molecule has 2 amide bonds. The molecule has 8 heteroatoms. The number of imide groups is 1. The number of carbonyl (C=O) groups excluding carboxylic acids is 3. The zero-order chi connectivity index (χ0) is 25.5. The highest BCUT2D eigenvalue weighted by Gasteiger charge is 2.47. The second kappa shape index (κ2) is 12.0. The van der Waals surface area contributed by atoms with Gasteiger partial charge in [0.05, 0.1) is 32.3 Å². The summed E-state index contributed by atoms with van der Waals surface area (Å²) in [7, 11) is 1.62. The molecule has 192 valence electrons. The van der Waals surface area contributed by atoms with Crippen molar-refractivity contribution in [2.24, 2.45) is 0 Å². The summed E-state index contributed by atoms with van der Waals surface area (Å²) in [5, 5.41) is 0. The number of nitrogens with zero attached hydrogens (tertiary/aromatic N) is 1. The van der Waals surface area contributed by atoms with Crippen LogP contribution in [0.2, 0.25) is 0 Å². The molecule has 0 radical (unpaired) electrons. The largest absolute Gasteiger partial charge is 0.493 e. The molecule has 2 aromatic rings. The van der Waals surface area contributed by atoms with E-state index >= 15 is 0 Å². The summed E-state index contributed by atoms with van der Waals surface area (Å²) in [6.45, 7) is 2.14. The number of benzene rings is 2. The van der Waals surface area contributed by atoms with Crippen molar-refractivity contribution in [1.82, 2.24) is 4.90 Å². The minimum absolute atomic E-state index is 0.0971. The van der Waals surface area contributed by atoms with Gasteiger partial charge < -0.3 is 18.9 Å². The first-order valence-electron chi connectivity index (χ1n) is 12.4. The van der Waals surface area contributed by atoms with Crippen molar-refractivity contribution < 1.29 is 33.3 Å². The average Bonchev–Trinajstić information content (AvgIpc) is 3.15. The maximum Gasteiger partial charge on any atom is 0.303 e. The van der Waals surface area contributed by atoms with Crippen LogP contribution in [0.5, 0.6) is 11.5 Å². The fourth-order valence-corrected chi connectivity index (χ4v) is 4.88. The molecule has 0 aromatic heterocycles. The van der Waals surface area contributed by atoms with Crippen molar-refractivity contribution in [3.05, 3.63) is 59.7 Å². The van der Waals surface area contributed by atoms with E-state index in [1.54, 1.807) is 7.11 Å². The van der Waals surface area contributed by atoms with Gasteiger partial charge in [-0.15, -0.1) is 0 Å². The van der Waals surface area contributed by atoms with Crippen molar-refractivity contribution in [3.8, 4) is 11.5 Å². The van der Waals surface area contributed by atoms with Crippen molar-refractivity contribution in [2.45, 2.75) is 70.3 Å². The summed E-state index contributed by atoms with van der Waals surface area (Å²) >= 11 is 0. The number of likely N-dealkylation sites (tertiary alicyclic amines) is 1. The topological polar surface area (TPSA) is 91.4 Å². The lowest BCUT2D eigenvalue weighted by atomic mass is 9.91. The summed E-state index contributed by atoms with van der Waals surface area (Å²) in [5.41, 5.74) is 2.11. The van der Waals surface area contributed by atoms with Gasteiger partial charge in [0.2, 0.25) is 5.91 Å². The third-order valence-electron chi connectivity index (χ3n) is 6.64. The van der Waals surface area contributed by atoms with Crippen LogP contribution >= 0.6 is 0 Å². The molecule has 36 heavy (non-hydrogen) atoms. The summed E-state index contributed by atoms with van der Waals surface area (Å²) in [6, 6.07) is 15.4. The fraction of sp³-hybridized carbons (Fsp3) is 0.464. The Bertz CT molecular complexity index is 1070. The molecule has 3 unspecified atom stereocenters. The normalized spacial score (nSPS) is 21.9. The van der Waals surface area contributed by atoms with Gasteiger partial charge in [0, 0.05) is 6.92 Å². The van der Waals surface area contributed by atoms with Crippen LogP contribution in [-0.4, -0.2) is 54.7 Å². The molecule has 0 N–H and O–H groups in total. The molecule has 4 rings (SSSR count). The van der Waals surface area contributed by atoms with Gasteiger partial charge in [0.25, 0.3) is 5.91 Å². The van der Waals surface area contributed by atoms with E-state index in [4.69, 9.17) is 18.9 Å². The molecule has 1 aliphatic heterocycles. The van der Waals surface area contributed by atoms with E-state index in [-0.39, 0.29) is 24.5 Å². The molecular weight excluding hydrogens is 462 g/mol. The third kappa shape index (κ3) is 6.23. The Morgan fingerprint density at radius 3 is 2.53 bits per heavy atom. The van der Waals surface area contributed by atoms with E-state index in [1.807, 2.05) is 48.5 Å². The van der Waals surface area contributed by atoms with Gasteiger partial charge >= 0.3 is 5.97 Å². The first kappa shape index (κ1) is 25.7. The van der Waals surface area contributed by atoms with Crippen LogP contribution in [0.4, 0.5) is 0 Å². The zero-order valence-corrected chi connectivity index (χ0v) is 20.8. The maximum absolute atomic E-state index is 12.8. The van der Waals surface area contributed by atoms with Gasteiger partial charge in [0.1, 0.15) is 6.61 Å². The molecule has 1 saturated heterocycles. The molecular formula is C28H33NO7. The quantitative estimate of drug-likeness (QED) is 0.365. The highest BCUT2D eigenvalue weighted by molar-refractivity contribution is 6.06. The lowest BCUT2D eigenvalue weighted by molar-refractivity contribution is -0.158. The van der Waals surface area contributed by atoms with Crippen molar-refractivity contribution in [1.29, 1.82) is 0 Å². The minimum Gasteiger partial charge on any atom is -0.493 e. The van der Waals surface area contributed by atoms with Crippen LogP contribution in [0, 0.1) is 0 Å². The first-order chi connectivity index (χ1) is 17.5.